The lowest BCUT2D eigenvalue weighted by atomic mass is 10.0. The highest BCUT2D eigenvalue weighted by Crippen LogP contribution is 2.30. The molecule has 1 aromatic carbocycles. The van der Waals surface area contributed by atoms with Gasteiger partial charge in [-0.1, -0.05) is 12.1 Å². The number of carbonyl (C=O) groups is 4. The van der Waals surface area contributed by atoms with Crippen molar-refractivity contribution < 1.29 is 38.1 Å². The summed E-state index contributed by atoms with van der Waals surface area (Å²) >= 11 is 0. The van der Waals surface area contributed by atoms with Crippen molar-refractivity contribution >= 4 is 40.6 Å². The number of aryl methyl sites for hydroxylation is 1. The number of hydrogen-bond acceptors (Lipinski definition) is 11. The molecule has 13 heteroatoms. The van der Waals surface area contributed by atoms with Crippen LogP contribution in [0, 0.1) is 0 Å². The maximum atomic E-state index is 13.1. The Kier molecular flexibility index (Phi) is 8.25. The van der Waals surface area contributed by atoms with Crippen LogP contribution in [0.1, 0.15) is 53.5 Å². The van der Waals surface area contributed by atoms with E-state index >= 15 is 0 Å². The largest absolute Gasteiger partial charge is 0.459 e. The molecular weight excluding hydrogens is 488 g/mol. The van der Waals surface area contributed by atoms with Crippen LogP contribution in [0.3, 0.4) is 0 Å². The molecule has 2 heterocycles. The van der Waals surface area contributed by atoms with Gasteiger partial charge in [0.15, 0.2) is 18.0 Å². The van der Waals surface area contributed by atoms with Crippen molar-refractivity contribution in [2.24, 2.45) is 0 Å². The standard InChI is InChI=1S/C24H28N4O9/c1-7-27-23(33)17-10-8-9-11-18(17)28-22(25-26-24(27)28)21(37-16(6)32)20(36-15(5)31)19(35-14(4)30)12(2)34-13(3)29/h8-12,19-21H,7H2,1-6H3/t12?,19-,20+,21-/m1/s1. The van der Waals surface area contributed by atoms with Crippen molar-refractivity contribution in [3.8, 4) is 0 Å². The van der Waals surface area contributed by atoms with E-state index in [1.54, 1.807) is 31.2 Å². The van der Waals surface area contributed by atoms with Gasteiger partial charge in [-0.3, -0.25) is 32.9 Å². The van der Waals surface area contributed by atoms with Crippen LogP contribution in [0.15, 0.2) is 29.1 Å². The molecule has 3 rings (SSSR count). The Morgan fingerprint density at radius 3 is 1.97 bits per heavy atom. The molecule has 0 N–H and O–H groups in total. The summed E-state index contributed by atoms with van der Waals surface area (Å²) in [6.45, 7) is 7.99. The Bertz CT molecular complexity index is 1410. The first-order chi connectivity index (χ1) is 17.5. The Labute approximate surface area is 211 Å². The van der Waals surface area contributed by atoms with E-state index in [0.717, 1.165) is 27.7 Å². The Hall–Kier alpha value is -4.29. The van der Waals surface area contributed by atoms with E-state index in [4.69, 9.17) is 18.9 Å². The molecule has 13 nitrogen and oxygen atoms in total. The molecule has 0 aliphatic rings. The van der Waals surface area contributed by atoms with E-state index < -0.39 is 48.3 Å². The van der Waals surface area contributed by atoms with Crippen molar-refractivity contribution in [2.75, 3.05) is 0 Å². The highest BCUT2D eigenvalue weighted by Gasteiger charge is 2.44. The number of para-hydroxylation sites is 1. The fourth-order valence-corrected chi connectivity index (χ4v) is 4.14. The summed E-state index contributed by atoms with van der Waals surface area (Å²) in [6.07, 6.45) is -5.50. The van der Waals surface area contributed by atoms with Gasteiger partial charge in [0.1, 0.15) is 6.10 Å². The van der Waals surface area contributed by atoms with E-state index in [-0.39, 0.29) is 23.7 Å². The molecule has 4 atom stereocenters. The molecule has 1 unspecified atom stereocenters. The first-order valence-corrected chi connectivity index (χ1v) is 11.5. The summed E-state index contributed by atoms with van der Waals surface area (Å²) in [5.41, 5.74) is 0.106. The maximum absolute atomic E-state index is 13.1. The first kappa shape index (κ1) is 27.3. The molecule has 3 aromatic rings. The second-order valence-electron chi connectivity index (χ2n) is 8.25. The van der Waals surface area contributed by atoms with Crippen LogP contribution in [0.4, 0.5) is 0 Å². The molecular formula is C24H28N4O9. The van der Waals surface area contributed by atoms with Crippen molar-refractivity contribution in [3.05, 3.63) is 40.4 Å². The highest BCUT2D eigenvalue weighted by atomic mass is 16.6. The number of hydrogen-bond donors (Lipinski definition) is 0. The van der Waals surface area contributed by atoms with Gasteiger partial charge in [0, 0.05) is 34.2 Å². The molecule has 0 saturated heterocycles. The fraction of sp³-hybridized carbons (Fsp3) is 0.458. The van der Waals surface area contributed by atoms with Crippen LogP contribution in [0.25, 0.3) is 16.7 Å². The summed E-state index contributed by atoms with van der Waals surface area (Å²) < 4.78 is 24.6. The van der Waals surface area contributed by atoms with Gasteiger partial charge in [0.25, 0.3) is 5.56 Å². The molecule has 0 radical (unpaired) electrons. The van der Waals surface area contributed by atoms with Crippen LogP contribution in [0.2, 0.25) is 0 Å². The van der Waals surface area contributed by atoms with Crippen LogP contribution in [0.5, 0.6) is 0 Å². The third-order valence-electron chi connectivity index (χ3n) is 5.44. The van der Waals surface area contributed by atoms with E-state index in [9.17, 15) is 24.0 Å². The third-order valence-corrected chi connectivity index (χ3v) is 5.44. The summed E-state index contributed by atoms with van der Waals surface area (Å²) in [6, 6.07) is 6.69. The fourth-order valence-electron chi connectivity index (χ4n) is 4.14. The lowest BCUT2D eigenvalue weighted by molar-refractivity contribution is -0.198. The van der Waals surface area contributed by atoms with E-state index in [1.165, 1.54) is 15.9 Å². The van der Waals surface area contributed by atoms with Gasteiger partial charge in [0.05, 0.1) is 10.9 Å². The topological polar surface area (TPSA) is 157 Å². The van der Waals surface area contributed by atoms with E-state index in [2.05, 4.69) is 10.2 Å². The molecule has 0 saturated carbocycles. The van der Waals surface area contributed by atoms with Crippen molar-refractivity contribution in [1.29, 1.82) is 0 Å². The second-order valence-corrected chi connectivity index (χ2v) is 8.25. The Morgan fingerprint density at radius 2 is 1.41 bits per heavy atom. The predicted octanol–water partition coefficient (Wildman–Crippen LogP) is 1.48. The number of benzene rings is 1. The van der Waals surface area contributed by atoms with Gasteiger partial charge in [0.2, 0.25) is 11.9 Å². The second kappa shape index (κ2) is 11.2. The minimum absolute atomic E-state index is 0.0120. The minimum Gasteiger partial charge on any atom is -0.459 e. The Morgan fingerprint density at radius 1 is 0.838 bits per heavy atom. The van der Waals surface area contributed by atoms with Crippen LogP contribution < -0.4 is 5.56 Å². The lowest BCUT2D eigenvalue weighted by Crippen LogP contribution is -2.48. The summed E-state index contributed by atoms with van der Waals surface area (Å²) in [4.78, 5) is 61.1. The zero-order chi connectivity index (χ0) is 27.4. The number of aromatic nitrogens is 4. The zero-order valence-corrected chi connectivity index (χ0v) is 21.3. The molecule has 0 amide bonds. The molecule has 0 fully saturated rings. The third kappa shape index (κ3) is 5.76. The summed E-state index contributed by atoms with van der Waals surface area (Å²) in [7, 11) is 0. The van der Waals surface area contributed by atoms with Gasteiger partial charge in [-0.05, 0) is 26.0 Å². The first-order valence-electron chi connectivity index (χ1n) is 11.5. The molecule has 198 valence electrons. The molecule has 37 heavy (non-hydrogen) atoms. The van der Waals surface area contributed by atoms with Gasteiger partial charge in [-0.25, -0.2) is 0 Å². The van der Waals surface area contributed by atoms with Gasteiger partial charge in [-0.2, -0.15) is 0 Å². The monoisotopic (exact) mass is 516 g/mol. The smallest absolute Gasteiger partial charge is 0.303 e. The SMILES string of the molecule is CCn1c(=O)c2ccccc2n2c([C@H](OC(C)=O)[C@@H](OC(C)=O)[C@H](OC(C)=O)C(C)OC(C)=O)nnc12. The van der Waals surface area contributed by atoms with E-state index in [1.807, 2.05) is 0 Å². The lowest BCUT2D eigenvalue weighted by Gasteiger charge is -2.33. The van der Waals surface area contributed by atoms with Gasteiger partial charge >= 0.3 is 23.9 Å². The van der Waals surface area contributed by atoms with Crippen LogP contribution >= 0.6 is 0 Å². The molecule has 0 bridgehead atoms. The van der Waals surface area contributed by atoms with Crippen molar-refractivity contribution in [1.82, 2.24) is 19.2 Å². The quantitative estimate of drug-likeness (QED) is 0.300. The number of ether oxygens (including phenoxy) is 4. The maximum Gasteiger partial charge on any atom is 0.303 e. The number of esters is 4. The predicted molar refractivity (Wildman–Crippen MR) is 127 cm³/mol. The summed E-state index contributed by atoms with van der Waals surface area (Å²) in [5.74, 6) is -2.87. The molecule has 0 aliphatic carbocycles. The van der Waals surface area contributed by atoms with E-state index in [0.29, 0.717) is 10.9 Å². The number of nitrogens with zero attached hydrogens (tertiary/aromatic N) is 4. The number of rotatable bonds is 9. The van der Waals surface area contributed by atoms with Gasteiger partial charge < -0.3 is 18.9 Å². The molecule has 0 aliphatic heterocycles. The van der Waals surface area contributed by atoms with Gasteiger partial charge in [-0.15, -0.1) is 10.2 Å². The van der Waals surface area contributed by atoms with Crippen LogP contribution in [-0.2, 0) is 44.7 Å². The molecule has 0 spiro atoms. The van der Waals surface area contributed by atoms with Crippen LogP contribution in [-0.4, -0.2) is 61.4 Å². The average molecular weight is 517 g/mol. The number of carbonyl (C=O) groups excluding carboxylic acids is 4. The minimum atomic E-state index is -1.51. The normalized spacial score (nSPS) is 14.4. The highest BCUT2D eigenvalue weighted by molar-refractivity contribution is 5.80. The zero-order valence-electron chi connectivity index (χ0n) is 21.3. The van der Waals surface area contributed by atoms with Crippen molar-refractivity contribution in [2.45, 2.75) is 72.5 Å². The average Bonchev–Trinajstić information content (AvgIpc) is 3.24. The number of fused-ring (bicyclic) bond motifs is 3. The van der Waals surface area contributed by atoms with Crippen molar-refractivity contribution in [3.63, 3.8) is 0 Å². The Balaban J connectivity index is 2.35. The molecule has 2 aromatic heterocycles. The summed E-state index contributed by atoms with van der Waals surface area (Å²) in [5, 5.41) is 8.69.